The molecule has 1 saturated heterocycles. The van der Waals surface area contributed by atoms with Gasteiger partial charge in [-0.25, -0.2) is 4.79 Å². The molecule has 0 saturated carbocycles. The van der Waals surface area contributed by atoms with Crippen LogP contribution in [0.25, 0.3) is 0 Å². The summed E-state index contributed by atoms with van der Waals surface area (Å²) in [6.07, 6.45) is 3.44. The number of thioether (sulfide) groups is 3. The Kier molecular flexibility index (Phi) is 80.6. The molecule has 1 aliphatic heterocycles. The van der Waals surface area contributed by atoms with E-state index in [4.69, 9.17) is 29.1 Å². The lowest BCUT2D eigenvalue weighted by molar-refractivity contribution is 0.117. The largest absolute Gasteiger partial charge is 0.508 e. The van der Waals surface area contributed by atoms with Gasteiger partial charge in [-0.15, -0.1) is 11.8 Å². The Hall–Kier alpha value is -0.120. The smallest absolute Gasteiger partial charge is 0.430 e. The molecule has 0 aromatic carbocycles. The summed E-state index contributed by atoms with van der Waals surface area (Å²) in [6, 6.07) is 4.25. The van der Waals surface area contributed by atoms with Crippen LogP contribution in [0.4, 0.5) is 4.79 Å². The highest BCUT2D eigenvalue weighted by atomic mass is 32.2. The summed E-state index contributed by atoms with van der Waals surface area (Å²) >= 11 is 8.53. The molecule has 0 radical (unpaired) electrons. The summed E-state index contributed by atoms with van der Waals surface area (Å²) in [5.41, 5.74) is 1.00. The fourth-order valence-corrected chi connectivity index (χ4v) is 5.63. The van der Waals surface area contributed by atoms with Crippen molar-refractivity contribution < 1.29 is 28.5 Å². The average molecular weight is 940 g/mol. The zero-order valence-electron chi connectivity index (χ0n) is 42.9. The first-order chi connectivity index (χ1) is 27.4. The van der Waals surface area contributed by atoms with Crippen LogP contribution in [0.2, 0.25) is 0 Å². The zero-order chi connectivity index (χ0) is 49.1. The Morgan fingerprint density at radius 3 is 1.42 bits per heavy atom. The van der Waals surface area contributed by atoms with Gasteiger partial charge in [0.05, 0.1) is 18.1 Å². The molecule has 0 amide bonds. The molecule has 3 N–H and O–H groups in total. The van der Waals surface area contributed by atoms with Crippen molar-refractivity contribution in [1.29, 1.82) is 10.5 Å². The fourth-order valence-electron chi connectivity index (χ4n) is 2.18. The molecule has 0 aromatic heterocycles. The number of ether oxygens (including phenoxy) is 2. The van der Waals surface area contributed by atoms with Crippen molar-refractivity contribution in [1.82, 2.24) is 0 Å². The summed E-state index contributed by atoms with van der Waals surface area (Å²) in [5.74, 6) is 7.98. The zero-order valence-corrected chi connectivity index (χ0v) is 47.1. The lowest BCUT2D eigenvalue weighted by Crippen LogP contribution is -2.13. The third-order valence-electron chi connectivity index (χ3n) is 7.22. The number of carbonyl (C=O) groups excluding carboxylic acids is 1. The minimum atomic E-state index is -0.625. The van der Waals surface area contributed by atoms with E-state index in [0.29, 0.717) is 30.3 Å². The van der Waals surface area contributed by atoms with E-state index in [9.17, 15) is 9.90 Å². The second kappa shape index (κ2) is 60.0. The molecule has 1 aliphatic rings. The maximum Gasteiger partial charge on any atom is 0.508 e. The van der Waals surface area contributed by atoms with Crippen molar-refractivity contribution >= 4 is 66.4 Å². The molecule has 13 heteroatoms. The third kappa shape index (κ3) is 89.7. The molecule has 0 spiro atoms. The molecule has 0 aromatic rings. The van der Waals surface area contributed by atoms with E-state index in [2.05, 4.69) is 109 Å². The number of aliphatic hydroxyl groups is 1. The van der Waals surface area contributed by atoms with Crippen LogP contribution >= 0.6 is 60.2 Å². The van der Waals surface area contributed by atoms with Crippen molar-refractivity contribution in [3.8, 4) is 12.1 Å². The van der Waals surface area contributed by atoms with Gasteiger partial charge in [0.2, 0.25) is 0 Å². The molecule has 0 bridgehead atoms. The highest BCUT2D eigenvalue weighted by Gasteiger charge is 2.24. The fraction of sp³-hybridized carbons (Fsp3) is 0.935. The van der Waals surface area contributed by atoms with Gasteiger partial charge in [0, 0.05) is 17.9 Å². The predicted molar refractivity (Wildman–Crippen MR) is 279 cm³/mol. The van der Waals surface area contributed by atoms with Gasteiger partial charge in [-0.3, -0.25) is 0 Å². The van der Waals surface area contributed by atoms with Gasteiger partial charge in [-0.1, -0.05) is 145 Å². The molecule has 59 heavy (non-hydrogen) atoms. The number of carbonyl (C=O) groups is 1. The van der Waals surface area contributed by atoms with Crippen molar-refractivity contribution in [3.63, 3.8) is 0 Å². The number of thiol groups is 1. The summed E-state index contributed by atoms with van der Waals surface area (Å²) in [6.45, 7) is 49.1. The van der Waals surface area contributed by atoms with Gasteiger partial charge >= 0.3 is 6.16 Å². The lowest BCUT2D eigenvalue weighted by Gasteiger charge is -2.22. The second-order valence-corrected chi connectivity index (χ2v) is 20.6. The average Bonchev–Trinajstić information content (AvgIpc) is 3.60. The topological polar surface area (TPSA) is 144 Å². The second-order valence-electron chi connectivity index (χ2n) is 15.9. The van der Waals surface area contributed by atoms with Crippen LogP contribution < -0.4 is 0 Å². The van der Waals surface area contributed by atoms with E-state index in [-0.39, 0.29) is 12.0 Å². The van der Waals surface area contributed by atoms with Crippen LogP contribution in [0.15, 0.2) is 0 Å². The highest BCUT2D eigenvalue weighted by molar-refractivity contribution is 8.00. The van der Waals surface area contributed by atoms with Crippen molar-refractivity contribution in [2.45, 2.75) is 202 Å². The van der Waals surface area contributed by atoms with Crippen LogP contribution in [-0.2, 0) is 9.47 Å². The maximum absolute atomic E-state index is 10.6. The highest BCUT2D eigenvalue weighted by Crippen LogP contribution is 2.25. The Morgan fingerprint density at radius 1 is 0.729 bits per heavy atom. The van der Waals surface area contributed by atoms with Crippen molar-refractivity contribution in [3.05, 3.63) is 0 Å². The summed E-state index contributed by atoms with van der Waals surface area (Å²) in [5, 5.41) is 26.6. The Bertz CT molecular complexity index is 829. The molecular formula is C46H102N2O6S5. The first kappa shape index (κ1) is 79.3. The number of cyclic esters (lactones) is 2. The predicted octanol–water partition coefficient (Wildman–Crippen LogP) is 16.8. The Balaban J connectivity index is -0.0000000762. The van der Waals surface area contributed by atoms with E-state index in [0.717, 1.165) is 83.6 Å². The molecule has 8 nitrogen and oxygen atoms in total. The normalized spacial score (nSPS) is 12.7. The standard InChI is InChI=1S/C11H20O4S2.C9H14N2OS2.2C7H16.C4H10.4C2H6.H2OS/c1-11(2,13)17-6-3-5-16-7-4-9-8-14-10(12)15-9;10-4-1-3-9(7-11)8-13-5-2-6-14-12;2*1-6(2)7(3,4)5;1-4(2)3;5*1-2/h9,13H,3-8H2,1-2H3;9,12H,1-3,5-6,8H2;2*6H,1-5H3;4H,1-3H3;4*1-2H3;1-2H. The Labute approximate surface area is 393 Å². The van der Waals surface area contributed by atoms with Gasteiger partial charge in [0.25, 0.3) is 0 Å². The molecule has 1 heterocycles. The number of rotatable bonds is 16. The molecule has 2 unspecified atom stereocenters. The minimum absolute atomic E-state index is 0.00132. The molecule has 362 valence electrons. The van der Waals surface area contributed by atoms with Crippen LogP contribution in [0, 0.1) is 57.2 Å². The molecular weight excluding hydrogens is 837 g/mol. The van der Waals surface area contributed by atoms with E-state index >= 15 is 0 Å². The van der Waals surface area contributed by atoms with Gasteiger partial charge in [-0.05, 0) is 116 Å². The monoisotopic (exact) mass is 939 g/mol. The first-order valence-electron chi connectivity index (χ1n) is 22.0. The molecule has 2 atom stereocenters. The van der Waals surface area contributed by atoms with Gasteiger partial charge < -0.3 is 23.7 Å². The maximum atomic E-state index is 10.6. The number of nitriles is 2. The van der Waals surface area contributed by atoms with Crippen LogP contribution in [0.3, 0.4) is 0 Å². The van der Waals surface area contributed by atoms with E-state index in [1.807, 2.05) is 73.2 Å². The van der Waals surface area contributed by atoms with Gasteiger partial charge in [0.1, 0.15) is 17.6 Å². The molecule has 1 rings (SSSR count). The molecule has 1 fully saturated rings. The number of hydrogen-bond donors (Lipinski definition) is 4. The van der Waals surface area contributed by atoms with Crippen LogP contribution in [-0.4, -0.2) is 72.5 Å². The summed E-state index contributed by atoms with van der Waals surface area (Å²) in [4.78, 5) is 10.0. The van der Waals surface area contributed by atoms with E-state index in [1.54, 1.807) is 37.4 Å². The SMILES string of the molecule is CC.CC.CC.CC.CC(C)(O)SCCCSCCC1COC(=O)O1.CC(C)C.CC(C)C(C)(C)C.CC(C)C(C)(C)C.N#CCCC(C#N)CSCCCSO.OS. The molecule has 0 aliphatic carbocycles. The number of hydrogen-bond acceptors (Lipinski definition) is 13. The first-order valence-corrected chi connectivity index (χ1v) is 26.7. The van der Waals surface area contributed by atoms with E-state index < -0.39 is 11.1 Å². The summed E-state index contributed by atoms with van der Waals surface area (Å²) < 4.78 is 24.8. The lowest BCUT2D eigenvalue weighted by atomic mass is 9.84. The van der Waals surface area contributed by atoms with Crippen molar-refractivity contribution in [2.75, 3.05) is 41.1 Å². The number of nitrogens with zero attached hydrogens (tertiary/aromatic N) is 2. The minimum Gasteiger partial charge on any atom is -0.430 e. The summed E-state index contributed by atoms with van der Waals surface area (Å²) in [7, 11) is 0. The quantitative estimate of drug-likeness (QED) is 0.0384. The van der Waals surface area contributed by atoms with Gasteiger partial charge in [-0.2, -0.15) is 34.0 Å². The van der Waals surface area contributed by atoms with Gasteiger partial charge in [0.15, 0.2) is 0 Å². The van der Waals surface area contributed by atoms with Crippen LogP contribution in [0.5, 0.6) is 0 Å². The third-order valence-corrected chi connectivity index (χ3v) is 11.2. The Morgan fingerprint density at radius 2 is 1.12 bits per heavy atom. The van der Waals surface area contributed by atoms with Crippen molar-refractivity contribution in [2.24, 2.45) is 34.5 Å². The van der Waals surface area contributed by atoms with E-state index in [1.165, 1.54) is 0 Å². The van der Waals surface area contributed by atoms with Crippen LogP contribution in [0.1, 0.15) is 191 Å².